The zero-order valence-electron chi connectivity index (χ0n) is 16.0. The summed E-state index contributed by atoms with van der Waals surface area (Å²) in [4.78, 5) is 13.9. The molecule has 136 valence electrons. The molecule has 0 radical (unpaired) electrons. The number of hydrogen-bond donors (Lipinski definition) is 0. The molecule has 1 aliphatic heterocycles. The highest BCUT2D eigenvalue weighted by Crippen LogP contribution is 2.28. The van der Waals surface area contributed by atoms with Crippen LogP contribution in [0.5, 0.6) is 0 Å². The summed E-state index contributed by atoms with van der Waals surface area (Å²) < 4.78 is 1.90. The average molecular weight is 350 g/mol. The highest BCUT2D eigenvalue weighted by molar-refractivity contribution is 5.57. The van der Waals surface area contributed by atoms with Crippen LogP contribution in [0.4, 0.5) is 11.5 Å². The lowest BCUT2D eigenvalue weighted by Gasteiger charge is -2.42. The monoisotopic (exact) mass is 350 g/mol. The number of benzene rings is 1. The first-order valence-electron chi connectivity index (χ1n) is 9.36. The fraction of sp³-hybridized carbons (Fsp3) is 0.450. The van der Waals surface area contributed by atoms with E-state index in [1.807, 2.05) is 4.52 Å². The topological polar surface area (TPSA) is 49.6 Å². The third-order valence-electron chi connectivity index (χ3n) is 5.32. The summed E-state index contributed by atoms with van der Waals surface area (Å²) in [7, 11) is 0. The predicted molar refractivity (Wildman–Crippen MR) is 105 cm³/mol. The SMILES string of the molecule is CCc1c(C)nc2ncnn2c1N1CCN(c2cccc(C)c2)C(C)C1. The minimum absolute atomic E-state index is 0.419. The summed E-state index contributed by atoms with van der Waals surface area (Å²) in [6, 6.07) is 9.20. The maximum absolute atomic E-state index is 4.61. The van der Waals surface area contributed by atoms with Crippen LogP contribution in [0.1, 0.15) is 30.7 Å². The van der Waals surface area contributed by atoms with E-state index in [0.29, 0.717) is 11.8 Å². The van der Waals surface area contributed by atoms with Crippen molar-refractivity contribution in [2.75, 3.05) is 29.4 Å². The molecule has 0 amide bonds. The van der Waals surface area contributed by atoms with Gasteiger partial charge in [-0.15, -0.1) is 0 Å². The van der Waals surface area contributed by atoms with Crippen LogP contribution in [0.3, 0.4) is 0 Å². The van der Waals surface area contributed by atoms with Crippen LogP contribution in [-0.4, -0.2) is 45.3 Å². The first-order valence-corrected chi connectivity index (χ1v) is 9.36. The van der Waals surface area contributed by atoms with Gasteiger partial charge < -0.3 is 9.80 Å². The second kappa shape index (κ2) is 6.59. The summed E-state index contributed by atoms with van der Waals surface area (Å²) >= 11 is 0. The number of piperazine rings is 1. The molecule has 2 aromatic heterocycles. The van der Waals surface area contributed by atoms with Gasteiger partial charge in [-0.3, -0.25) is 0 Å². The molecule has 4 rings (SSSR count). The van der Waals surface area contributed by atoms with Crippen molar-refractivity contribution in [1.29, 1.82) is 0 Å². The molecule has 0 N–H and O–H groups in total. The van der Waals surface area contributed by atoms with Crippen LogP contribution in [-0.2, 0) is 6.42 Å². The number of anilines is 2. The van der Waals surface area contributed by atoms with Crippen LogP contribution in [0.2, 0.25) is 0 Å². The maximum atomic E-state index is 4.61. The van der Waals surface area contributed by atoms with E-state index in [2.05, 4.69) is 76.8 Å². The number of aryl methyl sites for hydroxylation is 2. The Labute approximate surface area is 154 Å². The van der Waals surface area contributed by atoms with E-state index in [1.54, 1.807) is 6.33 Å². The van der Waals surface area contributed by atoms with Gasteiger partial charge in [-0.05, 0) is 44.9 Å². The van der Waals surface area contributed by atoms with E-state index in [4.69, 9.17) is 0 Å². The van der Waals surface area contributed by atoms with E-state index < -0.39 is 0 Å². The first-order chi connectivity index (χ1) is 12.6. The zero-order valence-corrected chi connectivity index (χ0v) is 16.0. The molecule has 0 bridgehead atoms. The van der Waals surface area contributed by atoms with E-state index in [-0.39, 0.29) is 0 Å². The molecule has 0 spiro atoms. The van der Waals surface area contributed by atoms with Gasteiger partial charge in [-0.2, -0.15) is 14.6 Å². The van der Waals surface area contributed by atoms with Crippen LogP contribution in [0, 0.1) is 13.8 Å². The average Bonchev–Trinajstić information content (AvgIpc) is 3.08. The number of hydrogen-bond acceptors (Lipinski definition) is 5. The summed E-state index contributed by atoms with van der Waals surface area (Å²) in [5.41, 5.74) is 4.93. The van der Waals surface area contributed by atoms with Crippen LogP contribution < -0.4 is 9.80 Å². The normalized spacial score (nSPS) is 17.9. The van der Waals surface area contributed by atoms with Crippen molar-refractivity contribution in [3.8, 4) is 0 Å². The molecular formula is C20H26N6. The Hall–Kier alpha value is -2.63. The Morgan fingerprint density at radius 2 is 2.04 bits per heavy atom. The van der Waals surface area contributed by atoms with E-state index in [9.17, 15) is 0 Å². The van der Waals surface area contributed by atoms with Gasteiger partial charge in [0.15, 0.2) is 0 Å². The summed E-state index contributed by atoms with van der Waals surface area (Å²) in [6.07, 6.45) is 2.54. The molecule has 1 unspecified atom stereocenters. The molecule has 3 heterocycles. The largest absolute Gasteiger partial charge is 0.365 e. The molecule has 3 aromatic rings. The second-order valence-corrected chi connectivity index (χ2v) is 7.15. The van der Waals surface area contributed by atoms with E-state index >= 15 is 0 Å². The second-order valence-electron chi connectivity index (χ2n) is 7.15. The van der Waals surface area contributed by atoms with Crippen LogP contribution in [0.15, 0.2) is 30.6 Å². The third kappa shape index (κ3) is 2.79. The Morgan fingerprint density at radius 1 is 1.19 bits per heavy atom. The molecular weight excluding hydrogens is 324 g/mol. The van der Waals surface area contributed by atoms with Gasteiger partial charge >= 0.3 is 0 Å². The summed E-state index contributed by atoms with van der Waals surface area (Å²) in [5.74, 6) is 1.84. The number of fused-ring (bicyclic) bond motifs is 1. The lowest BCUT2D eigenvalue weighted by Crippen LogP contribution is -2.53. The van der Waals surface area contributed by atoms with Crippen molar-refractivity contribution < 1.29 is 0 Å². The van der Waals surface area contributed by atoms with Crippen molar-refractivity contribution in [3.63, 3.8) is 0 Å². The van der Waals surface area contributed by atoms with Gasteiger partial charge in [0.05, 0.1) is 0 Å². The zero-order chi connectivity index (χ0) is 18.3. The van der Waals surface area contributed by atoms with Gasteiger partial charge in [0, 0.05) is 42.6 Å². The van der Waals surface area contributed by atoms with Crippen molar-refractivity contribution in [2.45, 2.75) is 40.2 Å². The lowest BCUT2D eigenvalue weighted by molar-refractivity contribution is 0.541. The van der Waals surface area contributed by atoms with Crippen molar-refractivity contribution in [2.24, 2.45) is 0 Å². The van der Waals surface area contributed by atoms with Gasteiger partial charge in [0.2, 0.25) is 0 Å². The first kappa shape index (κ1) is 16.8. The van der Waals surface area contributed by atoms with Crippen molar-refractivity contribution in [1.82, 2.24) is 19.6 Å². The van der Waals surface area contributed by atoms with Crippen molar-refractivity contribution >= 4 is 17.3 Å². The highest BCUT2D eigenvalue weighted by Gasteiger charge is 2.28. The molecule has 0 saturated carbocycles. The minimum Gasteiger partial charge on any atom is -0.365 e. The van der Waals surface area contributed by atoms with Gasteiger partial charge in [0.1, 0.15) is 12.1 Å². The fourth-order valence-electron chi connectivity index (χ4n) is 4.05. The summed E-state index contributed by atoms with van der Waals surface area (Å²) in [5, 5.41) is 4.45. The Kier molecular flexibility index (Phi) is 4.26. The quantitative estimate of drug-likeness (QED) is 0.727. The maximum Gasteiger partial charge on any atom is 0.254 e. The number of nitrogens with zero attached hydrogens (tertiary/aromatic N) is 6. The third-order valence-corrected chi connectivity index (χ3v) is 5.32. The molecule has 1 fully saturated rings. The van der Waals surface area contributed by atoms with Crippen LogP contribution in [0.25, 0.3) is 5.78 Å². The molecule has 6 heteroatoms. The Balaban J connectivity index is 1.67. The Bertz CT molecular complexity index is 931. The molecule has 26 heavy (non-hydrogen) atoms. The minimum atomic E-state index is 0.419. The molecule has 1 aliphatic rings. The number of aromatic nitrogens is 4. The van der Waals surface area contributed by atoms with Gasteiger partial charge in [-0.1, -0.05) is 19.1 Å². The highest BCUT2D eigenvalue weighted by atomic mass is 15.4. The van der Waals surface area contributed by atoms with E-state index in [1.165, 1.54) is 16.8 Å². The standard InChI is InChI=1S/C20H26N6/c1-5-18-16(4)23-20-21-13-22-26(20)19(18)24-9-10-25(15(3)12-24)17-8-6-7-14(2)11-17/h6-8,11,13,15H,5,9-10,12H2,1-4H3. The lowest BCUT2D eigenvalue weighted by atomic mass is 10.1. The molecule has 0 aliphatic carbocycles. The summed E-state index contributed by atoms with van der Waals surface area (Å²) in [6.45, 7) is 11.6. The van der Waals surface area contributed by atoms with Gasteiger partial charge in [-0.25, -0.2) is 4.98 Å². The van der Waals surface area contributed by atoms with Gasteiger partial charge in [0.25, 0.3) is 5.78 Å². The Morgan fingerprint density at radius 3 is 2.77 bits per heavy atom. The van der Waals surface area contributed by atoms with Crippen LogP contribution >= 0.6 is 0 Å². The predicted octanol–water partition coefficient (Wildman–Crippen LogP) is 3.02. The molecule has 1 saturated heterocycles. The molecule has 1 aromatic carbocycles. The van der Waals surface area contributed by atoms with Crippen molar-refractivity contribution in [3.05, 3.63) is 47.4 Å². The van der Waals surface area contributed by atoms with E-state index in [0.717, 1.165) is 37.6 Å². The fourth-order valence-corrected chi connectivity index (χ4v) is 4.05. The number of rotatable bonds is 3. The molecule has 6 nitrogen and oxygen atoms in total. The molecule has 1 atom stereocenters. The smallest absolute Gasteiger partial charge is 0.254 e.